The predicted octanol–water partition coefficient (Wildman–Crippen LogP) is 5.30. The second-order valence-electron chi connectivity index (χ2n) is 9.77. The number of piperidine rings is 1. The van der Waals surface area contributed by atoms with Gasteiger partial charge in [-0.3, -0.25) is 9.69 Å². The lowest BCUT2D eigenvalue weighted by Gasteiger charge is -2.32. The Morgan fingerprint density at radius 3 is 2.51 bits per heavy atom. The minimum Gasteiger partial charge on any atom is -0.321 e. The van der Waals surface area contributed by atoms with E-state index in [4.69, 9.17) is 0 Å². The van der Waals surface area contributed by atoms with Gasteiger partial charge in [-0.05, 0) is 92.7 Å². The van der Waals surface area contributed by atoms with Gasteiger partial charge in [0, 0.05) is 25.2 Å². The van der Waals surface area contributed by atoms with E-state index < -0.39 is 0 Å². The molecule has 1 saturated heterocycles. The molecule has 2 aromatic carbocycles. The molecule has 4 rings (SSSR count). The Morgan fingerprint density at radius 1 is 1.11 bits per heavy atom. The van der Waals surface area contributed by atoms with Crippen molar-refractivity contribution in [1.82, 2.24) is 15.6 Å². The van der Waals surface area contributed by atoms with Crippen molar-refractivity contribution < 1.29 is 4.79 Å². The fourth-order valence-corrected chi connectivity index (χ4v) is 5.09. The fraction of sp³-hybridized carbons (Fsp3) is 0.367. The van der Waals surface area contributed by atoms with Crippen molar-refractivity contribution >= 4 is 17.0 Å². The zero-order chi connectivity index (χ0) is 24.8. The summed E-state index contributed by atoms with van der Waals surface area (Å²) in [4.78, 5) is 14.1. The average Bonchev–Trinajstić information content (AvgIpc) is 3.33. The molecule has 0 unspecified atom stereocenters. The predicted molar refractivity (Wildman–Crippen MR) is 147 cm³/mol. The van der Waals surface area contributed by atoms with Crippen molar-refractivity contribution in [2.24, 2.45) is 0 Å². The molecule has 0 saturated carbocycles. The highest BCUT2D eigenvalue weighted by atomic mass is 16.1. The monoisotopic (exact) mass is 470 g/mol. The summed E-state index contributed by atoms with van der Waals surface area (Å²) in [5.74, 6) is 0.704. The van der Waals surface area contributed by atoms with Gasteiger partial charge >= 0.3 is 0 Å². The Labute approximate surface area is 210 Å². The lowest BCUT2D eigenvalue weighted by atomic mass is 9.88. The van der Waals surface area contributed by atoms with Crippen molar-refractivity contribution in [3.63, 3.8) is 0 Å². The van der Waals surface area contributed by atoms with E-state index >= 15 is 0 Å². The number of hydrogen-bond acceptors (Lipinski definition) is 5. The first kappa shape index (κ1) is 25.1. The van der Waals surface area contributed by atoms with E-state index in [0.29, 0.717) is 5.92 Å². The Morgan fingerprint density at radius 2 is 1.83 bits per heavy atom. The number of carbonyl (C=O) groups excluding carboxylic acids is 1. The van der Waals surface area contributed by atoms with Crippen LogP contribution in [0.3, 0.4) is 0 Å². The summed E-state index contributed by atoms with van der Waals surface area (Å²) in [5, 5.41) is 3.23. The van der Waals surface area contributed by atoms with E-state index in [1.54, 1.807) is 6.92 Å². The summed E-state index contributed by atoms with van der Waals surface area (Å²) in [5.41, 5.74) is 15.7. The standard InChI is InChI=1S/C30H38N4O/c1-21(20-34-15-12-26(13-16-34)25-7-5-24(6-8-25)23(3)35)17-22(2)29(11-14-31-4)27-9-10-30-28(18-27)19-32-33-30/h5-11,17-18,26,31-33H,2,12-16,19-20H2,1,3-4H3/b21-17+,29-11+. The number of likely N-dealkylation sites (tertiary alicyclic amines) is 1. The van der Waals surface area contributed by atoms with Gasteiger partial charge in [0.1, 0.15) is 0 Å². The maximum atomic E-state index is 11.5. The highest BCUT2D eigenvalue weighted by molar-refractivity contribution is 5.94. The maximum Gasteiger partial charge on any atom is 0.159 e. The molecule has 0 radical (unpaired) electrons. The van der Waals surface area contributed by atoms with Crippen molar-refractivity contribution in [3.05, 3.63) is 94.6 Å². The van der Waals surface area contributed by atoms with Gasteiger partial charge in [0.05, 0.1) is 5.69 Å². The molecule has 3 N–H and O–H groups in total. The Balaban J connectivity index is 1.37. The number of rotatable bonds is 9. The van der Waals surface area contributed by atoms with Crippen LogP contribution in [-0.2, 0) is 6.54 Å². The van der Waals surface area contributed by atoms with Gasteiger partial charge in [-0.1, -0.05) is 54.6 Å². The van der Waals surface area contributed by atoms with Crippen LogP contribution in [0.1, 0.15) is 59.7 Å². The highest BCUT2D eigenvalue weighted by Gasteiger charge is 2.21. The molecule has 5 heteroatoms. The molecule has 1 fully saturated rings. The molecule has 2 aromatic rings. The van der Waals surface area contributed by atoms with E-state index in [-0.39, 0.29) is 5.78 Å². The number of Topliss-reactive ketones (excluding diaryl/α,β-unsaturated/α-hetero) is 1. The van der Waals surface area contributed by atoms with Gasteiger partial charge < -0.3 is 10.7 Å². The Kier molecular flexibility index (Phi) is 8.34. The molecule has 184 valence electrons. The average molecular weight is 471 g/mol. The van der Waals surface area contributed by atoms with Crippen molar-refractivity contribution in [2.75, 3.05) is 38.7 Å². The fourth-order valence-electron chi connectivity index (χ4n) is 5.09. The molecule has 0 atom stereocenters. The number of hydrazine groups is 1. The van der Waals surface area contributed by atoms with Crippen LogP contribution in [0.5, 0.6) is 0 Å². The molecule has 0 aromatic heterocycles. The smallest absolute Gasteiger partial charge is 0.159 e. The van der Waals surface area contributed by atoms with Crippen LogP contribution in [0, 0.1) is 0 Å². The number of nitrogens with one attached hydrogen (secondary N) is 3. The molecule has 2 aliphatic rings. The minimum absolute atomic E-state index is 0.129. The van der Waals surface area contributed by atoms with Crippen LogP contribution in [0.25, 0.3) is 5.57 Å². The van der Waals surface area contributed by atoms with Gasteiger partial charge in [0.25, 0.3) is 0 Å². The molecule has 2 heterocycles. The van der Waals surface area contributed by atoms with E-state index in [2.05, 4.69) is 77.1 Å². The summed E-state index contributed by atoms with van der Waals surface area (Å²) in [6.07, 6.45) is 6.78. The molecule has 2 aliphatic heterocycles. The molecular weight excluding hydrogens is 432 g/mol. The Bertz CT molecular complexity index is 1120. The van der Waals surface area contributed by atoms with Crippen LogP contribution >= 0.6 is 0 Å². The third-order valence-electron chi connectivity index (χ3n) is 7.04. The number of anilines is 1. The molecular formula is C30H38N4O. The lowest BCUT2D eigenvalue weighted by molar-refractivity contribution is 0.101. The first-order chi connectivity index (χ1) is 16.9. The number of carbonyl (C=O) groups is 1. The number of fused-ring (bicyclic) bond motifs is 1. The zero-order valence-corrected chi connectivity index (χ0v) is 21.3. The quantitative estimate of drug-likeness (QED) is 0.343. The van der Waals surface area contributed by atoms with Crippen LogP contribution in [-0.4, -0.2) is 43.9 Å². The second kappa shape index (κ2) is 11.6. The van der Waals surface area contributed by atoms with E-state index in [0.717, 1.165) is 62.4 Å². The maximum absolute atomic E-state index is 11.5. The topological polar surface area (TPSA) is 56.4 Å². The van der Waals surface area contributed by atoms with E-state index in [9.17, 15) is 4.79 Å². The second-order valence-corrected chi connectivity index (χ2v) is 9.77. The van der Waals surface area contributed by atoms with E-state index in [1.807, 2.05) is 19.2 Å². The summed E-state index contributed by atoms with van der Waals surface area (Å²) in [6, 6.07) is 14.8. The third kappa shape index (κ3) is 6.37. The lowest BCUT2D eigenvalue weighted by Crippen LogP contribution is -2.34. The first-order valence-electron chi connectivity index (χ1n) is 12.6. The van der Waals surface area contributed by atoms with Gasteiger partial charge in [-0.15, -0.1) is 0 Å². The molecule has 0 bridgehead atoms. The number of nitrogens with zero attached hydrogens (tertiary/aromatic N) is 1. The normalized spacial score (nSPS) is 17.2. The van der Waals surface area contributed by atoms with Crippen LogP contribution < -0.4 is 16.2 Å². The van der Waals surface area contributed by atoms with Gasteiger partial charge in [0.2, 0.25) is 0 Å². The SMILES string of the molecule is C=C(/C=C(\C)CN1CCC(c2ccc(C(C)=O)cc2)CC1)/C(=C\CNC)c1ccc2c(c1)CNN2. The van der Waals surface area contributed by atoms with Crippen molar-refractivity contribution in [2.45, 2.75) is 39.2 Å². The van der Waals surface area contributed by atoms with E-state index in [1.165, 1.54) is 27.8 Å². The number of hydrogen-bond donors (Lipinski definition) is 3. The number of allylic oxidation sites excluding steroid dienone is 3. The summed E-state index contributed by atoms with van der Waals surface area (Å²) >= 11 is 0. The van der Waals surface area contributed by atoms with Gasteiger partial charge in [-0.2, -0.15) is 0 Å². The van der Waals surface area contributed by atoms with Gasteiger partial charge in [0.15, 0.2) is 5.78 Å². The van der Waals surface area contributed by atoms with Crippen LogP contribution in [0.4, 0.5) is 5.69 Å². The Hall–Kier alpha value is -2.99. The van der Waals surface area contributed by atoms with Crippen molar-refractivity contribution in [1.29, 1.82) is 0 Å². The van der Waals surface area contributed by atoms with Crippen molar-refractivity contribution in [3.8, 4) is 0 Å². The molecule has 5 nitrogen and oxygen atoms in total. The molecule has 35 heavy (non-hydrogen) atoms. The third-order valence-corrected chi connectivity index (χ3v) is 7.04. The molecule has 0 amide bonds. The largest absolute Gasteiger partial charge is 0.321 e. The number of ketones is 1. The molecule has 0 spiro atoms. The summed E-state index contributed by atoms with van der Waals surface area (Å²) < 4.78 is 0. The first-order valence-corrected chi connectivity index (χ1v) is 12.6. The zero-order valence-electron chi connectivity index (χ0n) is 21.3. The van der Waals surface area contributed by atoms with Crippen LogP contribution in [0.2, 0.25) is 0 Å². The molecule has 0 aliphatic carbocycles. The van der Waals surface area contributed by atoms with Crippen LogP contribution in [0.15, 0.2) is 72.3 Å². The number of likely N-dealkylation sites (N-methyl/N-ethyl adjacent to an activating group) is 1. The summed E-state index contributed by atoms with van der Waals surface area (Å²) in [7, 11) is 1.97. The van der Waals surface area contributed by atoms with Gasteiger partial charge in [-0.25, -0.2) is 5.43 Å². The highest BCUT2D eigenvalue weighted by Crippen LogP contribution is 2.31. The number of benzene rings is 2. The minimum atomic E-state index is 0.129. The summed E-state index contributed by atoms with van der Waals surface area (Å²) in [6.45, 7) is 13.0.